The Morgan fingerprint density at radius 3 is 2.86 bits per heavy atom. The number of thiazole rings is 1. The zero-order valence-corrected chi connectivity index (χ0v) is 14.3. The first-order valence-corrected chi connectivity index (χ1v) is 8.47. The molecule has 0 bridgehead atoms. The highest BCUT2D eigenvalue weighted by Gasteiger charge is 2.00. The molecule has 2 rings (SSSR count). The van der Waals surface area contributed by atoms with E-state index >= 15 is 0 Å². The fourth-order valence-corrected chi connectivity index (χ4v) is 2.67. The van der Waals surface area contributed by atoms with Crippen molar-refractivity contribution in [2.24, 2.45) is 4.99 Å². The molecule has 0 aliphatic rings. The molecule has 2 aromatic heterocycles. The van der Waals surface area contributed by atoms with E-state index < -0.39 is 0 Å². The quantitative estimate of drug-likeness (QED) is 0.602. The Bertz CT molecular complexity index is 601. The Hall–Kier alpha value is -1.89. The van der Waals surface area contributed by atoms with Gasteiger partial charge in [-0.3, -0.25) is 9.67 Å². The molecule has 2 aromatic rings. The average Bonchev–Trinajstić information content (AvgIpc) is 3.08. The fourth-order valence-electron chi connectivity index (χ4n) is 2.03. The van der Waals surface area contributed by atoms with Crippen LogP contribution in [0.1, 0.15) is 23.2 Å². The highest BCUT2D eigenvalue weighted by Crippen LogP contribution is 2.08. The SMILES string of the molecule is CCNC(=NCCc1csc(C)n1)NCCn1cc(C)cn1. The van der Waals surface area contributed by atoms with Gasteiger partial charge >= 0.3 is 0 Å². The molecule has 0 unspecified atom stereocenters. The van der Waals surface area contributed by atoms with Crippen LogP contribution in [0.4, 0.5) is 0 Å². The van der Waals surface area contributed by atoms with Crippen molar-refractivity contribution in [2.45, 2.75) is 33.7 Å². The first kappa shape index (κ1) is 16.5. The van der Waals surface area contributed by atoms with Crippen molar-refractivity contribution in [2.75, 3.05) is 19.6 Å². The first-order chi connectivity index (χ1) is 10.7. The lowest BCUT2D eigenvalue weighted by molar-refractivity contribution is 0.597. The van der Waals surface area contributed by atoms with Crippen LogP contribution in [0.5, 0.6) is 0 Å². The van der Waals surface area contributed by atoms with Crippen LogP contribution in [0.3, 0.4) is 0 Å². The molecule has 0 saturated heterocycles. The number of hydrogen-bond donors (Lipinski definition) is 2. The predicted octanol–water partition coefficient (Wildman–Crippen LogP) is 1.75. The second kappa shape index (κ2) is 8.53. The lowest BCUT2D eigenvalue weighted by Gasteiger charge is -2.11. The highest BCUT2D eigenvalue weighted by atomic mass is 32.1. The maximum atomic E-state index is 4.58. The van der Waals surface area contributed by atoms with Gasteiger partial charge in [0.25, 0.3) is 0 Å². The van der Waals surface area contributed by atoms with E-state index in [0.29, 0.717) is 0 Å². The summed E-state index contributed by atoms with van der Waals surface area (Å²) in [5, 5.41) is 14.1. The minimum Gasteiger partial charge on any atom is -0.357 e. The van der Waals surface area contributed by atoms with E-state index in [-0.39, 0.29) is 0 Å². The third-order valence-corrected chi connectivity index (χ3v) is 3.87. The van der Waals surface area contributed by atoms with Crippen LogP contribution < -0.4 is 10.6 Å². The molecular formula is C15H24N6S. The molecule has 0 aliphatic carbocycles. The summed E-state index contributed by atoms with van der Waals surface area (Å²) >= 11 is 1.69. The summed E-state index contributed by atoms with van der Waals surface area (Å²) in [6, 6.07) is 0. The molecule has 0 aromatic carbocycles. The van der Waals surface area contributed by atoms with Gasteiger partial charge < -0.3 is 10.6 Å². The smallest absolute Gasteiger partial charge is 0.191 e. The van der Waals surface area contributed by atoms with E-state index in [0.717, 1.165) is 49.3 Å². The number of aliphatic imine (C=N–C) groups is 1. The van der Waals surface area contributed by atoms with Gasteiger partial charge in [-0.2, -0.15) is 5.10 Å². The lowest BCUT2D eigenvalue weighted by atomic mass is 10.3. The molecule has 0 radical (unpaired) electrons. The van der Waals surface area contributed by atoms with Crippen molar-refractivity contribution in [3.05, 3.63) is 34.0 Å². The standard InChI is InChI=1S/C15H24N6S/c1-4-16-15(17-6-5-14-11-22-13(3)20-14)18-7-8-21-10-12(2)9-19-21/h9-11H,4-8H2,1-3H3,(H2,16,17,18). The van der Waals surface area contributed by atoms with Gasteiger partial charge in [0.15, 0.2) is 5.96 Å². The van der Waals surface area contributed by atoms with Gasteiger partial charge in [-0.25, -0.2) is 4.98 Å². The van der Waals surface area contributed by atoms with Gasteiger partial charge in [-0.1, -0.05) is 0 Å². The molecule has 6 nitrogen and oxygen atoms in total. The number of hydrogen-bond acceptors (Lipinski definition) is 4. The molecule has 2 heterocycles. The number of nitrogens with one attached hydrogen (secondary N) is 2. The molecule has 22 heavy (non-hydrogen) atoms. The van der Waals surface area contributed by atoms with E-state index in [1.165, 1.54) is 5.56 Å². The van der Waals surface area contributed by atoms with Crippen molar-refractivity contribution < 1.29 is 0 Å². The summed E-state index contributed by atoms with van der Waals surface area (Å²) in [5.41, 5.74) is 2.30. The minimum absolute atomic E-state index is 0.736. The highest BCUT2D eigenvalue weighted by molar-refractivity contribution is 7.09. The summed E-state index contributed by atoms with van der Waals surface area (Å²) in [6.45, 7) is 9.34. The van der Waals surface area contributed by atoms with E-state index in [9.17, 15) is 0 Å². The van der Waals surface area contributed by atoms with Crippen LogP contribution in [0.2, 0.25) is 0 Å². The molecule has 120 valence electrons. The fraction of sp³-hybridized carbons (Fsp3) is 0.533. The molecule has 7 heteroatoms. The molecule has 0 atom stereocenters. The van der Waals surface area contributed by atoms with Gasteiger partial charge in [-0.05, 0) is 26.3 Å². The summed E-state index contributed by atoms with van der Waals surface area (Å²) in [7, 11) is 0. The monoisotopic (exact) mass is 320 g/mol. The Labute approximate surface area is 135 Å². The Balaban J connectivity index is 1.76. The summed E-state index contributed by atoms with van der Waals surface area (Å²) in [4.78, 5) is 9.04. The van der Waals surface area contributed by atoms with Crippen LogP contribution >= 0.6 is 11.3 Å². The molecular weight excluding hydrogens is 296 g/mol. The van der Waals surface area contributed by atoms with Gasteiger partial charge in [-0.15, -0.1) is 11.3 Å². The van der Waals surface area contributed by atoms with Gasteiger partial charge in [0, 0.05) is 37.6 Å². The summed E-state index contributed by atoms with van der Waals surface area (Å²) in [6.07, 6.45) is 4.78. The summed E-state index contributed by atoms with van der Waals surface area (Å²) in [5.74, 6) is 0.846. The van der Waals surface area contributed by atoms with Crippen LogP contribution in [0.15, 0.2) is 22.8 Å². The van der Waals surface area contributed by atoms with E-state index in [1.54, 1.807) is 11.3 Å². The number of rotatable bonds is 7. The Morgan fingerprint density at radius 1 is 1.36 bits per heavy atom. The number of guanidine groups is 1. The van der Waals surface area contributed by atoms with Gasteiger partial charge in [0.2, 0.25) is 0 Å². The van der Waals surface area contributed by atoms with Crippen molar-refractivity contribution >= 4 is 17.3 Å². The maximum Gasteiger partial charge on any atom is 0.191 e. The molecule has 2 N–H and O–H groups in total. The van der Waals surface area contributed by atoms with Gasteiger partial charge in [0.05, 0.1) is 23.4 Å². The molecule has 0 fully saturated rings. The van der Waals surface area contributed by atoms with Crippen molar-refractivity contribution in [3.8, 4) is 0 Å². The van der Waals surface area contributed by atoms with Crippen molar-refractivity contribution in [1.82, 2.24) is 25.4 Å². The number of nitrogens with zero attached hydrogens (tertiary/aromatic N) is 4. The molecule has 0 amide bonds. The topological polar surface area (TPSA) is 67.1 Å². The second-order valence-electron chi connectivity index (χ2n) is 5.08. The molecule has 0 aliphatic heterocycles. The second-order valence-corrected chi connectivity index (χ2v) is 6.14. The lowest BCUT2D eigenvalue weighted by Crippen LogP contribution is -2.39. The van der Waals surface area contributed by atoms with Crippen molar-refractivity contribution in [3.63, 3.8) is 0 Å². The van der Waals surface area contributed by atoms with Crippen LogP contribution in [-0.4, -0.2) is 40.4 Å². The van der Waals surface area contributed by atoms with Crippen molar-refractivity contribution in [1.29, 1.82) is 0 Å². The Morgan fingerprint density at radius 2 is 2.23 bits per heavy atom. The van der Waals surface area contributed by atoms with Gasteiger partial charge in [0.1, 0.15) is 0 Å². The minimum atomic E-state index is 0.736. The average molecular weight is 320 g/mol. The molecule has 0 spiro atoms. The third kappa shape index (κ3) is 5.48. The first-order valence-electron chi connectivity index (χ1n) is 7.59. The van der Waals surface area contributed by atoms with Crippen LogP contribution in [-0.2, 0) is 13.0 Å². The normalized spacial score (nSPS) is 11.7. The van der Waals surface area contributed by atoms with E-state index in [4.69, 9.17) is 0 Å². The zero-order valence-electron chi connectivity index (χ0n) is 13.5. The van der Waals surface area contributed by atoms with Crippen LogP contribution in [0, 0.1) is 13.8 Å². The summed E-state index contributed by atoms with van der Waals surface area (Å²) < 4.78 is 1.93. The number of aromatic nitrogens is 3. The van der Waals surface area contributed by atoms with Crippen LogP contribution in [0.25, 0.3) is 0 Å². The largest absolute Gasteiger partial charge is 0.357 e. The number of aryl methyl sites for hydroxylation is 2. The third-order valence-electron chi connectivity index (χ3n) is 3.04. The predicted molar refractivity (Wildman–Crippen MR) is 91.5 cm³/mol. The van der Waals surface area contributed by atoms with E-state index in [2.05, 4.69) is 38.0 Å². The maximum absolute atomic E-state index is 4.58. The Kier molecular flexibility index (Phi) is 6.39. The molecule has 0 saturated carbocycles. The van der Waals surface area contributed by atoms with E-state index in [1.807, 2.05) is 30.9 Å². The zero-order chi connectivity index (χ0) is 15.8.